The van der Waals surface area contributed by atoms with Crippen molar-refractivity contribution in [2.75, 3.05) is 19.5 Å². The molecule has 2 aromatic carbocycles. The molecule has 0 aromatic heterocycles. The molecule has 0 heterocycles. The summed E-state index contributed by atoms with van der Waals surface area (Å²) in [4.78, 5) is 0. The van der Waals surface area contributed by atoms with Crippen molar-refractivity contribution in [3.8, 4) is 11.5 Å². The van der Waals surface area contributed by atoms with Crippen molar-refractivity contribution in [2.24, 2.45) is 0 Å². The highest BCUT2D eigenvalue weighted by Gasteiger charge is 2.10. The van der Waals surface area contributed by atoms with Gasteiger partial charge in [-0.3, -0.25) is 0 Å². The van der Waals surface area contributed by atoms with Gasteiger partial charge in [0.2, 0.25) is 0 Å². The van der Waals surface area contributed by atoms with Crippen LogP contribution in [0.4, 0.5) is 5.69 Å². The number of hydrogen-bond acceptors (Lipinski definition) is 3. The molecule has 0 bridgehead atoms. The largest absolute Gasteiger partial charge is 0.493 e. The maximum absolute atomic E-state index is 5.36. The molecule has 0 unspecified atom stereocenters. The van der Waals surface area contributed by atoms with Gasteiger partial charge in [-0.15, -0.1) is 0 Å². The van der Waals surface area contributed by atoms with Crippen LogP contribution in [0.3, 0.4) is 0 Å². The Morgan fingerprint density at radius 1 is 1.14 bits per heavy atom. The molecule has 2 rings (SSSR count). The summed E-state index contributed by atoms with van der Waals surface area (Å²) >= 11 is 5.86. The fraction of sp³-hybridized carbons (Fsp3) is 0.250. The summed E-state index contributed by atoms with van der Waals surface area (Å²) in [7, 11) is 3.28. The highest BCUT2D eigenvalue weighted by atomic mass is 127. The van der Waals surface area contributed by atoms with E-state index in [1.54, 1.807) is 14.2 Å². The van der Waals surface area contributed by atoms with Gasteiger partial charge in [-0.05, 0) is 80.8 Å². The maximum Gasteiger partial charge on any atom is 0.174 e. The van der Waals surface area contributed by atoms with Gasteiger partial charge in [0.1, 0.15) is 0 Å². The smallest absolute Gasteiger partial charge is 0.174 e. The Bertz CT molecular complexity index is 646. The van der Waals surface area contributed by atoms with Crippen LogP contribution in [-0.2, 0) is 6.54 Å². The van der Waals surface area contributed by atoms with Crippen LogP contribution < -0.4 is 14.8 Å². The average Bonchev–Trinajstić information content (AvgIpc) is 2.47. The van der Waals surface area contributed by atoms with Gasteiger partial charge in [-0.1, -0.05) is 6.07 Å². The quantitative estimate of drug-likeness (QED) is 0.636. The second-order valence-corrected chi connectivity index (χ2v) is 6.65. The number of hydrogen-bond donors (Lipinski definition) is 1. The van der Waals surface area contributed by atoms with E-state index >= 15 is 0 Å². The van der Waals surface area contributed by atoms with Crippen LogP contribution in [0, 0.1) is 10.5 Å². The molecule has 112 valence electrons. The minimum absolute atomic E-state index is 0.714. The van der Waals surface area contributed by atoms with E-state index in [-0.39, 0.29) is 0 Å². The van der Waals surface area contributed by atoms with Crippen LogP contribution in [0.2, 0.25) is 0 Å². The molecule has 0 saturated heterocycles. The number of methoxy groups -OCH3 is 2. The van der Waals surface area contributed by atoms with Gasteiger partial charge in [-0.25, -0.2) is 0 Å². The molecule has 0 atom stereocenters. The molecule has 0 aliphatic rings. The molecule has 2 aromatic rings. The summed E-state index contributed by atoms with van der Waals surface area (Å²) in [6.07, 6.45) is 0. The minimum Gasteiger partial charge on any atom is -0.493 e. The molecule has 0 fully saturated rings. The van der Waals surface area contributed by atoms with Crippen molar-refractivity contribution >= 4 is 44.2 Å². The SMILES string of the molecule is COc1cc(CNc2ccc(C)c(I)c2)cc(Br)c1OC. The number of ether oxygens (including phenoxy) is 2. The predicted molar refractivity (Wildman–Crippen MR) is 98.5 cm³/mol. The molecular weight excluding hydrogens is 445 g/mol. The lowest BCUT2D eigenvalue weighted by Crippen LogP contribution is -2.01. The van der Waals surface area contributed by atoms with Gasteiger partial charge in [-0.2, -0.15) is 0 Å². The lowest BCUT2D eigenvalue weighted by Gasteiger charge is -2.13. The van der Waals surface area contributed by atoms with Gasteiger partial charge in [0.25, 0.3) is 0 Å². The Morgan fingerprint density at radius 3 is 2.52 bits per heavy atom. The first-order valence-electron chi connectivity index (χ1n) is 6.45. The van der Waals surface area contributed by atoms with Crippen molar-refractivity contribution in [3.05, 3.63) is 49.5 Å². The number of benzene rings is 2. The van der Waals surface area contributed by atoms with Crippen molar-refractivity contribution in [2.45, 2.75) is 13.5 Å². The number of aryl methyl sites for hydroxylation is 1. The van der Waals surface area contributed by atoms with E-state index in [0.29, 0.717) is 5.75 Å². The minimum atomic E-state index is 0.714. The van der Waals surface area contributed by atoms with E-state index in [4.69, 9.17) is 9.47 Å². The highest BCUT2D eigenvalue weighted by molar-refractivity contribution is 14.1. The zero-order chi connectivity index (χ0) is 15.4. The van der Waals surface area contributed by atoms with Crippen LogP contribution >= 0.6 is 38.5 Å². The zero-order valence-electron chi connectivity index (χ0n) is 12.2. The number of halogens is 2. The standard InChI is InChI=1S/C16H17BrINO2/c1-10-4-5-12(8-14(10)18)19-9-11-6-13(17)16(21-3)15(7-11)20-2/h4-8,19H,9H2,1-3H3. The normalized spacial score (nSPS) is 10.3. The van der Waals surface area contributed by atoms with Crippen molar-refractivity contribution in [3.63, 3.8) is 0 Å². The Labute approximate surface area is 147 Å². The third-order valence-electron chi connectivity index (χ3n) is 3.16. The molecule has 21 heavy (non-hydrogen) atoms. The van der Waals surface area contributed by atoms with Crippen molar-refractivity contribution in [1.82, 2.24) is 0 Å². The number of rotatable bonds is 5. The summed E-state index contributed by atoms with van der Waals surface area (Å²) in [6, 6.07) is 10.4. The van der Waals surface area contributed by atoms with E-state index in [9.17, 15) is 0 Å². The Morgan fingerprint density at radius 2 is 1.90 bits per heavy atom. The van der Waals surface area contributed by atoms with Gasteiger partial charge < -0.3 is 14.8 Å². The van der Waals surface area contributed by atoms with Crippen LogP contribution in [0.1, 0.15) is 11.1 Å². The Balaban J connectivity index is 2.16. The topological polar surface area (TPSA) is 30.5 Å². The first-order chi connectivity index (χ1) is 10.0. The van der Waals surface area contributed by atoms with Gasteiger partial charge in [0, 0.05) is 15.8 Å². The molecule has 3 nitrogen and oxygen atoms in total. The first-order valence-corrected chi connectivity index (χ1v) is 8.32. The van der Waals surface area contributed by atoms with E-state index in [0.717, 1.165) is 28.0 Å². The van der Waals surface area contributed by atoms with Crippen LogP contribution in [0.15, 0.2) is 34.8 Å². The molecule has 1 N–H and O–H groups in total. The summed E-state index contributed by atoms with van der Waals surface area (Å²) in [5.74, 6) is 1.44. The third kappa shape index (κ3) is 4.03. The van der Waals surface area contributed by atoms with E-state index < -0.39 is 0 Å². The van der Waals surface area contributed by atoms with Crippen molar-refractivity contribution < 1.29 is 9.47 Å². The number of nitrogens with one attached hydrogen (secondary N) is 1. The van der Waals surface area contributed by atoms with Gasteiger partial charge in [0.15, 0.2) is 11.5 Å². The summed E-state index contributed by atoms with van der Waals surface area (Å²) in [6.45, 7) is 2.83. The lowest BCUT2D eigenvalue weighted by molar-refractivity contribution is 0.352. The van der Waals surface area contributed by atoms with Crippen LogP contribution in [0.25, 0.3) is 0 Å². The summed E-state index contributed by atoms with van der Waals surface area (Å²) < 4.78 is 12.8. The van der Waals surface area contributed by atoms with Crippen LogP contribution in [-0.4, -0.2) is 14.2 Å². The molecule has 0 aliphatic carbocycles. The Kier molecular flexibility index (Phi) is 5.75. The van der Waals surface area contributed by atoms with E-state index in [1.807, 2.05) is 12.1 Å². The second-order valence-electron chi connectivity index (χ2n) is 4.63. The molecule has 5 heteroatoms. The second kappa shape index (κ2) is 7.35. The third-order valence-corrected chi connectivity index (χ3v) is 4.91. The van der Waals surface area contributed by atoms with E-state index in [1.165, 1.54) is 9.13 Å². The maximum atomic E-state index is 5.36. The molecule has 0 spiro atoms. The average molecular weight is 462 g/mol. The molecule has 0 aliphatic heterocycles. The van der Waals surface area contributed by atoms with Crippen molar-refractivity contribution in [1.29, 1.82) is 0 Å². The monoisotopic (exact) mass is 461 g/mol. The molecule has 0 saturated carbocycles. The van der Waals surface area contributed by atoms with E-state index in [2.05, 4.69) is 69.0 Å². The summed E-state index contributed by atoms with van der Waals surface area (Å²) in [5, 5.41) is 3.42. The predicted octanol–water partition coefficient (Wildman–Crippen LogP) is 4.99. The van der Waals surface area contributed by atoms with Gasteiger partial charge >= 0.3 is 0 Å². The van der Waals surface area contributed by atoms with Crippen LogP contribution in [0.5, 0.6) is 11.5 Å². The number of anilines is 1. The zero-order valence-corrected chi connectivity index (χ0v) is 15.9. The Hall–Kier alpha value is -0.950. The molecule has 0 amide bonds. The molecule has 0 radical (unpaired) electrons. The highest BCUT2D eigenvalue weighted by Crippen LogP contribution is 2.36. The lowest BCUT2D eigenvalue weighted by atomic mass is 10.2. The summed E-state index contributed by atoms with van der Waals surface area (Å²) in [5.41, 5.74) is 3.51. The fourth-order valence-corrected chi connectivity index (χ4v) is 3.15. The van der Waals surface area contributed by atoms with Gasteiger partial charge in [0.05, 0.1) is 18.7 Å². The molecular formula is C16H17BrINO2. The fourth-order valence-electron chi connectivity index (χ4n) is 1.98. The first kappa shape index (κ1) is 16.4.